The van der Waals surface area contributed by atoms with Crippen molar-refractivity contribution in [3.05, 3.63) is 59.9 Å². The third-order valence-electron chi connectivity index (χ3n) is 2.95. The van der Waals surface area contributed by atoms with Gasteiger partial charge in [-0.05, 0) is 31.2 Å². The van der Waals surface area contributed by atoms with Crippen LogP contribution in [-0.4, -0.2) is 31.5 Å². The number of aryl methyl sites for hydroxylation is 1. The van der Waals surface area contributed by atoms with Crippen molar-refractivity contribution in [2.24, 2.45) is 0 Å². The Morgan fingerprint density at radius 1 is 0.857 bits per heavy atom. The van der Waals surface area contributed by atoms with Gasteiger partial charge < -0.3 is 0 Å². The number of aromatic nitrogens is 4. The Morgan fingerprint density at radius 2 is 1.62 bits per heavy atom. The largest absolute Gasteiger partial charge is 0.285 e. The van der Waals surface area contributed by atoms with Gasteiger partial charge in [-0.1, -0.05) is 0 Å². The predicted octanol–water partition coefficient (Wildman–Crippen LogP) is 1.79. The second kappa shape index (κ2) is 5.16. The van der Waals surface area contributed by atoms with Crippen LogP contribution < -0.4 is 0 Å². The molecule has 6 nitrogen and oxygen atoms in total. The minimum absolute atomic E-state index is 0.0896. The number of carbonyl (C=O) groups excluding carboxylic acids is 2. The molecule has 1 aromatic carbocycles. The molecule has 21 heavy (non-hydrogen) atoms. The summed E-state index contributed by atoms with van der Waals surface area (Å²) in [4.78, 5) is 40.5. The summed E-state index contributed by atoms with van der Waals surface area (Å²) in [5, 5.41) is 0. The molecule has 0 saturated heterocycles. The molecule has 0 aliphatic carbocycles. The molecule has 0 aliphatic rings. The van der Waals surface area contributed by atoms with E-state index in [1.54, 1.807) is 31.3 Å². The summed E-state index contributed by atoms with van der Waals surface area (Å²) in [6, 6.07) is 6.20. The van der Waals surface area contributed by atoms with Gasteiger partial charge in [0.1, 0.15) is 11.5 Å². The third kappa shape index (κ3) is 2.51. The van der Waals surface area contributed by atoms with Crippen molar-refractivity contribution < 1.29 is 9.59 Å². The van der Waals surface area contributed by atoms with Gasteiger partial charge in [0.05, 0.1) is 11.0 Å². The van der Waals surface area contributed by atoms with Crippen molar-refractivity contribution >= 4 is 22.6 Å². The lowest BCUT2D eigenvalue weighted by molar-refractivity contribution is 0.0814. The lowest BCUT2D eigenvalue weighted by Gasteiger charge is -2.02. The minimum atomic E-state index is -0.663. The highest BCUT2D eigenvalue weighted by Crippen LogP contribution is 2.13. The Balaban J connectivity index is 1.98. The van der Waals surface area contributed by atoms with Crippen LogP contribution in [0.15, 0.2) is 42.9 Å². The summed E-state index contributed by atoms with van der Waals surface area (Å²) >= 11 is 0. The van der Waals surface area contributed by atoms with Crippen LogP contribution >= 0.6 is 0 Å². The summed E-state index contributed by atoms with van der Waals surface area (Å²) in [5.41, 5.74) is 1.59. The molecular formula is C15H10N4O2. The molecule has 0 fully saturated rings. The molecule has 3 rings (SSSR count). The van der Waals surface area contributed by atoms with Crippen LogP contribution in [0.1, 0.15) is 26.7 Å². The summed E-state index contributed by atoms with van der Waals surface area (Å²) in [6.45, 7) is 1.66. The zero-order valence-corrected chi connectivity index (χ0v) is 11.1. The van der Waals surface area contributed by atoms with E-state index in [9.17, 15) is 9.59 Å². The van der Waals surface area contributed by atoms with E-state index in [2.05, 4.69) is 19.9 Å². The Bertz CT molecular complexity index is 861. The molecule has 2 aromatic heterocycles. The van der Waals surface area contributed by atoms with Crippen LogP contribution in [0.5, 0.6) is 0 Å². The molecule has 3 aromatic rings. The number of hydrogen-bond acceptors (Lipinski definition) is 6. The normalized spacial score (nSPS) is 10.5. The van der Waals surface area contributed by atoms with Gasteiger partial charge in [-0.3, -0.25) is 19.6 Å². The Morgan fingerprint density at radius 3 is 2.38 bits per heavy atom. The first-order chi connectivity index (χ1) is 10.1. The van der Waals surface area contributed by atoms with Crippen LogP contribution in [0.25, 0.3) is 11.0 Å². The quantitative estimate of drug-likeness (QED) is 0.536. The zero-order valence-electron chi connectivity index (χ0n) is 11.1. The van der Waals surface area contributed by atoms with Gasteiger partial charge in [0, 0.05) is 24.2 Å². The predicted molar refractivity (Wildman–Crippen MR) is 75.0 cm³/mol. The molecule has 0 N–H and O–H groups in total. The van der Waals surface area contributed by atoms with Crippen LogP contribution in [0.4, 0.5) is 0 Å². The van der Waals surface area contributed by atoms with Gasteiger partial charge in [-0.2, -0.15) is 0 Å². The van der Waals surface area contributed by atoms with E-state index >= 15 is 0 Å². The highest BCUT2D eigenvalue weighted by molar-refractivity contribution is 6.48. The smallest absolute Gasteiger partial charge is 0.251 e. The first kappa shape index (κ1) is 13.0. The Labute approximate surface area is 119 Å². The van der Waals surface area contributed by atoms with Crippen molar-refractivity contribution in [1.82, 2.24) is 19.9 Å². The molecule has 0 aliphatic heterocycles. The number of nitrogens with zero attached hydrogens (tertiary/aromatic N) is 4. The Hall–Kier alpha value is -3.02. The number of carbonyl (C=O) groups is 2. The van der Waals surface area contributed by atoms with E-state index in [4.69, 9.17) is 0 Å². The molecule has 0 bridgehead atoms. The molecule has 0 saturated carbocycles. The summed E-state index contributed by atoms with van der Waals surface area (Å²) in [6.07, 6.45) is 4.56. The monoisotopic (exact) mass is 278 g/mol. The van der Waals surface area contributed by atoms with Gasteiger partial charge in [-0.15, -0.1) is 0 Å². The zero-order chi connectivity index (χ0) is 14.8. The first-order valence-electron chi connectivity index (χ1n) is 6.24. The molecule has 102 valence electrons. The van der Waals surface area contributed by atoms with Crippen LogP contribution in [-0.2, 0) is 0 Å². The van der Waals surface area contributed by atoms with E-state index in [1.807, 2.05) is 0 Å². The second-order valence-corrected chi connectivity index (χ2v) is 4.41. The van der Waals surface area contributed by atoms with Gasteiger partial charge in [0.25, 0.3) is 5.78 Å². The standard InChI is InChI=1S/C15H10N4O2/c1-9-16-5-4-12(19-9)15(21)14(20)10-2-3-11-13(8-10)18-7-6-17-11/h2-8H,1H3. The number of hydrogen-bond donors (Lipinski definition) is 0. The van der Waals surface area contributed by atoms with Crippen molar-refractivity contribution in [2.45, 2.75) is 6.92 Å². The fourth-order valence-corrected chi connectivity index (χ4v) is 1.93. The van der Waals surface area contributed by atoms with Crippen molar-refractivity contribution in [2.75, 3.05) is 0 Å². The first-order valence-corrected chi connectivity index (χ1v) is 6.24. The van der Waals surface area contributed by atoms with Crippen LogP contribution in [0, 0.1) is 6.92 Å². The van der Waals surface area contributed by atoms with Crippen LogP contribution in [0.3, 0.4) is 0 Å². The van der Waals surface area contributed by atoms with Crippen LogP contribution in [0.2, 0.25) is 0 Å². The fraction of sp³-hybridized carbons (Fsp3) is 0.0667. The fourth-order valence-electron chi connectivity index (χ4n) is 1.93. The lowest BCUT2D eigenvalue weighted by Crippen LogP contribution is -2.16. The average Bonchev–Trinajstić information content (AvgIpc) is 2.53. The molecule has 6 heteroatoms. The van der Waals surface area contributed by atoms with E-state index < -0.39 is 11.6 Å². The molecule has 0 atom stereocenters. The average molecular weight is 278 g/mol. The molecule has 0 amide bonds. The number of Topliss-reactive ketones (excluding diaryl/α,β-unsaturated/α-hetero) is 2. The molecule has 0 unspecified atom stereocenters. The summed E-state index contributed by atoms with van der Waals surface area (Å²) in [7, 11) is 0. The van der Waals surface area contributed by atoms with Gasteiger partial charge >= 0.3 is 0 Å². The summed E-state index contributed by atoms with van der Waals surface area (Å²) < 4.78 is 0. The Kier molecular flexibility index (Phi) is 3.19. The van der Waals surface area contributed by atoms with Gasteiger partial charge in [0.15, 0.2) is 0 Å². The maximum absolute atomic E-state index is 12.2. The van der Waals surface area contributed by atoms with E-state index in [-0.39, 0.29) is 11.3 Å². The van der Waals surface area contributed by atoms with E-state index in [1.165, 1.54) is 18.5 Å². The second-order valence-electron chi connectivity index (χ2n) is 4.41. The highest BCUT2D eigenvalue weighted by atomic mass is 16.2. The van der Waals surface area contributed by atoms with Crippen molar-refractivity contribution in [3.8, 4) is 0 Å². The van der Waals surface area contributed by atoms with Crippen molar-refractivity contribution in [3.63, 3.8) is 0 Å². The lowest BCUT2D eigenvalue weighted by atomic mass is 10.0. The number of fused-ring (bicyclic) bond motifs is 1. The molecule has 0 radical (unpaired) electrons. The number of benzene rings is 1. The van der Waals surface area contributed by atoms with E-state index in [0.717, 1.165) is 0 Å². The minimum Gasteiger partial charge on any atom is -0.285 e. The van der Waals surface area contributed by atoms with Crippen molar-refractivity contribution in [1.29, 1.82) is 0 Å². The van der Waals surface area contributed by atoms with Gasteiger partial charge in [0.2, 0.25) is 5.78 Å². The maximum Gasteiger partial charge on any atom is 0.251 e. The number of rotatable bonds is 3. The van der Waals surface area contributed by atoms with Gasteiger partial charge in [-0.25, -0.2) is 9.97 Å². The number of ketones is 2. The highest BCUT2D eigenvalue weighted by Gasteiger charge is 2.20. The maximum atomic E-state index is 12.2. The third-order valence-corrected chi connectivity index (χ3v) is 2.95. The molecule has 2 heterocycles. The SMILES string of the molecule is Cc1nccc(C(=O)C(=O)c2ccc3nccnc3c2)n1. The molecule has 0 spiro atoms. The topological polar surface area (TPSA) is 85.7 Å². The summed E-state index contributed by atoms with van der Waals surface area (Å²) in [5.74, 6) is -0.845. The van der Waals surface area contributed by atoms with E-state index in [0.29, 0.717) is 16.9 Å². The molecular weight excluding hydrogens is 268 g/mol.